The first kappa shape index (κ1) is 16.3. The molecule has 3 rings (SSSR count). The molecule has 2 aromatic rings. The molecular weight excluding hydrogens is 328 g/mol. The molecule has 1 aliphatic heterocycles. The number of carbonyl (C=O) groups excluding carboxylic acids is 3. The van der Waals surface area contributed by atoms with Gasteiger partial charge in [-0.3, -0.25) is 29.4 Å². The van der Waals surface area contributed by atoms with Crippen molar-refractivity contribution in [3.63, 3.8) is 0 Å². The molecule has 2 aromatic carbocycles. The van der Waals surface area contributed by atoms with Crippen molar-refractivity contribution in [1.29, 1.82) is 0 Å². The van der Waals surface area contributed by atoms with E-state index in [-0.39, 0.29) is 24.4 Å². The molecule has 0 unspecified atom stereocenters. The van der Waals surface area contributed by atoms with Crippen LogP contribution in [0.1, 0.15) is 15.9 Å². The van der Waals surface area contributed by atoms with E-state index in [9.17, 15) is 24.5 Å². The highest BCUT2D eigenvalue weighted by molar-refractivity contribution is 6.52. The zero-order valence-electron chi connectivity index (χ0n) is 12.9. The highest BCUT2D eigenvalue weighted by atomic mass is 16.6. The monoisotopic (exact) mass is 340 g/mol. The first-order valence-corrected chi connectivity index (χ1v) is 7.31. The van der Waals surface area contributed by atoms with E-state index >= 15 is 0 Å². The Morgan fingerprint density at radius 3 is 2.44 bits per heavy atom. The summed E-state index contributed by atoms with van der Waals surface area (Å²) in [7, 11) is 0. The first-order chi connectivity index (χ1) is 12.0. The van der Waals surface area contributed by atoms with Crippen molar-refractivity contribution >= 4 is 29.0 Å². The van der Waals surface area contributed by atoms with Crippen molar-refractivity contribution in [1.82, 2.24) is 0 Å². The number of esters is 1. The number of Topliss-reactive ketones (excluding diaryl/α,β-unsaturated/α-hetero) is 1. The lowest BCUT2D eigenvalue weighted by Crippen LogP contribution is -2.35. The Bertz CT molecular complexity index is 875. The summed E-state index contributed by atoms with van der Waals surface area (Å²) < 4.78 is 5.07. The van der Waals surface area contributed by atoms with Gasteiger partial charge in [0.1, 0.15) is 13.2 Å². The van der Waals surface area contributed by atoms with Gasteiger partial charge in [-0.2, -0.15) is 0 Å². The number of nitro groups is 1. The second-order valence-electron chi connectivity index (χ2n) is 5.32. The smallest absolute Gasteiger partial charge is 0.326 e. The summed E-state index contributed by atoms with van der Waals surface area (Å²) in [5, 5.41) is 10.6. The number of non-ortho nitro benzene ring substituents is 1. The van der Waals surface area contributed by atoms with Crippen LogP contribution in [0.4, 0.5) is 11.4 Å². The Balaban J connectivity index is 1.62. The van der Waals surface area contributed by atoms with Crippen LogP contribution in [-0.2, 0) is 20.9 Å². The minimum atomic E-state index is -0.770. The van der Waals surface area contributed by atoms with Crippen LogP contribution in [0.3, 0.4) is 0 Å². The molecule has 0 saturated heterocycles. The fraction of sp³-hybridized carbons (Fsp3) is 0.118. The van der Waals surface area contributed by atoms with Gasteiger partial charge in [0.05, 0.1) is 16.2 Å². The number of amides is 1. The molecular formula is C17H12N2O6. The van der Waals surface area contributed by atoms with Gasteiger partial charge in [0.25, 0.3) is 17.4 Å². The summed E-state index contributed by atoms with van der Waals surface area (Å²) in [6, 6.07) is 12.0. The second-order valence-corrected chi connectivity index (χ2v) is 5.32. The second kappa shape index (κ2) is 6.52. The molecule has 0 aromatic heterocycles. The zero-order valence-corrected chi connectivity index (χ0v) is 12.9. The van der Waals surface area contributed by atoms with Gasteiger partial charge in [0, 0.05) is 12.1 Å². The number of ether oxygens (including phenoxy) is 1. The molecule has 0 N–H and O–H groups in total. The lowest BCUT2D eigenvalue weighted by molar-refractivity contribution is -0.384. The number of para-hydroxylation sites is 1. The topological polar surface area (TPSA) is 107 Å². The Morgan fingerprint density at radius 2 is 1.76 bits per heavy atom. The number of anilines is 1. The fourth-order valence-corrected chi connectivity index (χ4v) is 2.46. The average Bonchev–Trinajstić information content (AvgIpc) is 2.85. The van der Waals surface area contributed by atoms with Crippen LogP contribution in [0.15, 0.2) is 48.5 Å². The van der Waals surface area contributed by atoms with Crippen molar-refractivity contribution in [2.75, 3.05) is 11.4 Å². The number of nitrogens with zero attached hydrogens (tertiary/aromatic N) is 2. The minimum Gasteiger partial charge on any atom is -0.459 e. The van der Waals surface area contributed by atoms with Crippen molar-refractivity contribution in [3.8, 4) is 0 Å². The molecule has 8 heteroatoms. The molecule has 0 spiro atoms. The summed E-state index contributed by atoms with van der Waals surface area (Å²) >= 11 is 0. The highest BCUT2D eigenvalue weighted by Gasteiger charge is 2.36. The highest BCUT2D eigenvalue weighted by Crippen LogP contribution is 2.28. The molecule has 25 heavy (non-hydrogen) atoms. The predicted octanol–water partition coefficient (Wildman–Crippen LogP) is 1.87. The maximum absolute atomic E-state index is 12.0. The Morgan fingerprint density at radius 1 is 1.08 bits per heavy atom. The molecule has 1 aliphatic rings. The largest absolute Gasteiger partial charge is 0.459 e. The maximum atomic E-state index is 12.0. The average molecular weight is 340 g/mol. The number of carbonyl (C=O) groups is 3. The summed E-state index contributed by atoms with van der Waals surface area (Å²) in [6.45, 7) is -0.469. The predicted molar refractivity (Wildman–Crippen MR) is 86.0 cm³/mol. The van der Waals surface area contributed by atoms with Crippen LogP contribution in [0.2, 0.25) is 0 Å². The summed E-state index contributed by atoms with van der Waals surface area (Å²) in [5.74, 6) is -2.11. The van der Waals surface area contributed by atoms with Gasteiger partial charge in [-0.15, -0.1) is 0 Å². The Hall–Kier alpha value is -3.55. The molecule has 0 bridgehead atoms. The lowest BCUT2D eigenvalue weighted by atomic mass is 10.1. The molecule has 0 radical (unpaired) electrons. The van der Waals surface area contributed by atoms with E-state index in [2.05, 4.69) is 0 Å². The van der Waals surface area contributed by atoms with Gasteiger partial charge in [-0.25, -0.2) is 0 Å². The fourth-order valence-electron chi connectivity index (χ4n) is 2.46. The van der Waals surface area contributed by atoms with E-state index in [1.807, 2.05) is 0 Å². The van der Waals surface area contributed by atoms with Crippen molar-refractivity contribution in [2.45, 2.75) is 6.61 Å². The lowest BCUT2D eigenvalue weighted by Gasteiger charge is -2.15. The third-order valence-corrected chi connectivity index (χ3v) is 3.71. The Kier molecular flexibility index (Phi) is 4.25. The first-order valence-electron chi connectivity index (χ1n) is 7.31. The minimum absolute atomic E-state index is 0.0622. The molecule has 0 atom stereocenters. The van der Waals surface area contributed by atoms with E-state index in [0.29, 0.717) is 11.3 Å². The molecule has 8 nitrogen and oxygen atoms in total. The van der Waals surface area contributed by atoms with E-state index in [0.717, 1.165) is 4.90 Å². The van der Waals surface area contributed by atoms with Crippen LogP contribution in [0.25, 0.3) is 0 Å². The molecule has 1 heterocycles. The number of nitro benzene ring substituents is 1. The molecule has 1 amide bonds. The normalized spacial score (nSPS) is 12.9. The maximum Gasteiger partial charge on any atom is 0.326 e. The van der Waals surface area contributed by atoms with Gasteiger partial charge in [0.15, 0.2) is 0 Å². The molecule has 126 valence electrons. The van der Waals surface area contributed by atoms with Gasteiger partial charge >= 0.3 is 5.97 Å². The quantitative estimate of drug-likeness (QED) is 0.356. The number of hydrogen-bond donors (Lipinski definition) is 0. The van der Waals surface area contributed by atoms with Gasteiger partial charge in [-0.1, -0.05) is 12.1 Å². The summed E-state index contributed by atoms with van der Waals surface area (Å²) in [5.41, 5.74) is 1.15. The summed E-state index contributed by atoms with van der Waals surface area (Å²) in [6.07, 6.45) is 0. The van der Waals surface area contributed by atoms with E-state index in [1.165, 1.54) is 30.3 Å². The number of rotatable bonds is 5. The van der Waals surface area contributed by atoms with Crippen molar-refractivity contribution in [3.05, 3.63) is 69.8 Å². The van der Waals surface area contributed by atoms with Gasteiger partial charge in [0.2, 0.25) is 0 Å². The third-order valence-electron chi connectivity index (χ3n) is 3.71. The van der Waals surface area contributed by atoms with Crippen LogP contribution in [0.5, 0.6) is 0 Å². The molecule has 0 fully saturated rings. The number of hydrogen-bond acceptors (Lipinski definition) is 6. The number of ketones is 1. The molecule has 0 saturated carbocycles. The van der Waals surface area contributed by atoms with E-state index in [1.54, 1.807) is 18.2 Å². The van der Waals surface area contributed by atoms with Crippen LogP contribution in [-0.4, -0.2) is 29.1 Å². The van der Waals surface area contributed by atoms with E-state index < -0.39 is 22.6 Å². The molecule has 0 aliphatic carbocycles. The number of fused-ring (bicyclic) bond motifs is 1. The van der Waals surface area contributed by atoms with E-state index in [4.69, 9.17) is 4.74 Å². The third kappa shape index (κ3) is 3.23. The van der Waals surface area contributed by atoms with Crippen LogP contribution >= 0.6 is 0 Å². The van der Waals surface area contributed by atoms with Crippen LogP contribution in [0, 0.1) is 10.1 Å². The summed E-state index contributed by atoms with van der Waals surface area (Å²) in [4.78, 5) is 46.9. The van der Waals surface area contributed by atoms with Gasteiger partial charge in [-0.05, 0) is 29.8 Å². The number of benzene rings is 2. The van der Waals surface area contributed by atoms with Crippen molar-refractivity contribution < 1.29 is 24.0 Å². The SMILES string of the molecule is O=C(CN1C(=O)C(=O)c2ccccc21)OCc1ccc([N+](=O)[O-])cc1. The van der Waals surface area contributed by atoms with Crippen molar-refractivity contribution in [2.24, 2.45) is 0 Å². The van der Waals surface area contributed by atoms with Gasteiger partial charge < -0.3 is 4.74 Å². The van der Waals surface area contributed by atoms with Crippen LogP contribution < -0.4 is 4.90 Å². The standard InChI is InChI=1S/C17H12N2O6/c20-15(25-10-11-5-7-12(8-6-11)19(23)24)9-18-14-4-2-1-3-13(14)16(21)17(18)22/h1-8H,9-10H2. The Labute approximate surface area is 141 Å². The zero-order chi connectivity index (χ0) is 18.0.